The third-order valence-electron chi connectivity index (χ3n) is 2.12. The fourth-order valence-electron chi connectivity index (χ4n) is 1.35. The van der Waals surface area contributed by atoms with Crippen LogP contribution in [0.5, 0.6) is 5.75 Å². The Balaban J connectivity index is 2.08. The molecule has 6 heteroatoms. The Morgan fingerprint density at radius 3 is 3.00 bits per heavy atom. The summed E-state index contributed by atoms with van der Waals surface area (Å²) in [7, 11) is 3.44. The van der Waals surface area contributed by atoms with Gasteiger partial charge in [0.2, 0.25) is 5.89 Å². The number of benzene rings is 1. The maximum absolute atomic E-state index is 5.36. The first-order valence-electron chi connectivity index (χ1n) is 5.20. The van der Waals surface area contributed by atoms with E-state index in [-0.39, 0.29) is 0 Å². The molecule has 2 N–H and O–H groups in total. The topological polar surface area (TPSA) is 72.2 Å². The Bertz CT molecular complexity index is 484. The second-order valence-electron chi connectivity index (χ2n) is 3.39. The van der Waals surface area contributed by atoms with E-state index >= 15 is 0 Å². The fourth-order valence-corrected chi connectivity index (χ4v) is 1.35. The normalized spacial score (nSPS) is 10.2. The van der Waals surface area contributed by atoms with Crippen molar-refractivity contribution in [2.45, 2.75) is 6.54 Å². The van der Waals surface area contributed by atoms with Gasteiger partial charge in [0, 0.05) is 11.8 Å². The van der Waals surface area contributed by atoms with Crippen LogP contribution in [0.15, 0.2) is 28.7 Å². The highest BCUT2D eigenvalue weighted by atomic mass is 16.5. The van der Waals surface area contributed by atoms with Crippen molar-refractivity contribution >= 4 is 11.7 Å². The average molecular weight is 234 g/mol. The number of ether oxygens (including phenoxy) is 1. The lowest BCUT2D eigenvalue weighted by Crippen LogP contribution is -2.04. The number of anilines is 2. The molecule has 0 bridgehead atoms. The van der Waals surface area contributed by atoms with Crippen LogP contribution in [0.4, 0.5) is 11.7 Å². The van der Waals surface area contributed by atoms with Crippen LogP contribution in [0.2, 0.25) is 0 Å². The lowest BCUT2D eigenvalue weighted by atomic mass is 10.3. The Morgan fingerprint density at radius 1 is 1.35 bits per heavy atom. The molecule has 0 spiro atoms. The van der Waals surface area contributed by atoms with E-state index < -0.39 is 0 Å². The molecule has 0 fully saturated rings. The minimum absolute atomic E-state index is 0.364. The minimum Gasteiger partial charge on any atom is -0.497 e. The molecule has 0 saturated heterocycles. The SMILES string of the molecule is CNCc1nnc(Nc2cccc(OC)c2)o1. The van der Waals surface area contributed by atoms with E-state index in [1.54, 1.807) is 7.11 Å². The van der Waals surface area contributed by atoms with Gasteiger partial charge in [-0.1, -0.05) is 11.2 Å². The van der Waals surface area contributed by atoms with Gasteiger partial charge >= 0.3 is 6.01 Å². The zero-order valence-electron chi connectivity index (χ0n) is 9.73. The highest BCUT2D eigenvalue weighted by Crippen LogP contribution is 2.20. The van der Waals surface area contributed by atoms with Gasteiger partial charge in [-0.2, -0.15) is 0 Å². The van der Waals surface area contributed by atoms with Crippen LogP contribution in [-0.4, -0.2) is 24.4 Å². The fraction of sp³-hybridized carbons (Fsp3) is 0.273. The van der Waals surface area contributed by atoms with E-state index in [4.69, 9.17) is 9.15 Å². The summed E-state index contributed by atoms with van der Waals surface area (Å²) in [6, 6.07) is 7.85. The molecule has 0 unspecified atom stereocenters. The first kappa shape index (κ1) is 11.4. The molecule has 17 heavy (non-hydrogen) atoms. The predicted octanol–water partition coefficient (Wildman–Crippen LogP) is 1.54. The highest BCUT2D eigenvalue weighted by molar-refractivity contribution is 5.54. The Morgan fingerprint density at radius 2 is 2.24 bits per heavy atom. The molecule has 0 aliphatic heterocycles. The van der Waals surface area contributed by atoms with Gasteiger partial charge in [0.05, 0.1) is 13.7 Å². The van der Waals surface area contributed by atoms with E-state index in [1.165, 1.54) is 0 Å². The second kappa shape index (κ2) is 5.31. The second-order valence-corrected chi connectivity index (χ2v) is 3.39. The summed E-state index contributed by atoms with van der Waals surface area (Å²) in [6.45, 7) is 0.548. The molecule has 1 aromatic carbocycles. The van der Waals surface area contributed by atoms with Crippen molar-refractivity contribution < 1.29 is 9.15 Å². The zero-order chi connectivity index (χ0) is 12.1. The zero-order valence-corrected chi connectivity index (χ0v) is 9.73. The molecular weight excluding hydrogens is 220 g/mol. The van der Waals surface area contributed by atoms with Gasteiger partial charge in [-0.05, 0) is 19.2 Å². The van der Waals surface area contributed by atoms with Crippen LogP contribution in [0, 0.1) is 0 Å². The first-order valence-corrected chi connectivity index (χ1v) is 5.20. The Hall–Kier alpha value is -2.08. The predicted molar refractivity (Wildman–Crippen MR) is 63.3 cm³/mol. The number of hydrogen-bond acceptors (Lipinski definition) is 6. The summed E-state index contributed by atoms with van der Waals surface area (Å²) in [5, 5.41) is 13.7. The molecule has 0 aliphatic carbocycles. The van der Waals surface area contributed by atoms with Gasteiger partial charge < -0.3 is 19.8 Å². The number of rotatable bonds is 5. The lowest BCUT2D eigenvalue weighted by molar-refractivity contribution is 0.415. The van der Waals surface area contributed by atoms with Gasteiger partial charge in [0.25, 0.3) is 0 Å². The summed E-state index contributed by atoms with van der Waals surface area (Å²) < 4.78 is 10.5. The molecule has 6 nitrogen and oxygen atoms in total. The van der Waals surface area contributed by atoms with E-state index in [9.17, 15) is 0 Å². The van der Waals surface area contributed by atoms with Gasteiger partial charge in [-0.25, -0.2) is 0 Å². The summed E-state index contributed by atoms with van der Waals surface area (Å²) in [4.78, 5) is 0. The standard InChI is InChI=1S/C11H14N4O2/c1-12-7-10-14-15-11(17-10)13-8-4-3-5-9(6-8)16-2/h3-6,12H,7H2,1-2H3,(H,13,15). The monoisotopic (exact) mass is 234 g/mol. The smallest absolute Gasteiger partial charge is 0.320 e. The van der Waals surface area contributed by atoms with Crippen molar-refractivity contribution in [1.82, 2.24) is 15.5 Å². The molecular formula is C11H14N4O2. The summed E-state index contributed by atoms with van der Waals surface area (Å²) >= 11 is 0. The molecule has 1 heterocycles. The lowest BCUT2D eigenvalue weighted by Gasteiger charge is -2.03. The van der Waals surface area contributed by atoms with E-state index in [0.717, 1.165) is 11.4 Å². The first-order chi connectivity index (χ1) is 8.31. The molecule has 0 radical (unpaired) electrons. The number of nitrogens with zero attached hydrogens (tertiary/aromatic N) is 2. The van der Waals surface area contributed by atoms with Crippen molar-refractivity contribution in [1.29, 1.82) is 0 Å². The summed E-state index contributed by atoms with van der Waals surface area (Å²) in [5.74, 6) is 1.31. The summed E-state index contributed by atoms with van der Waals surface area (Å²) in [5.41, 5.74) is 0.837. The number of nitrogens with one attached hydrogen (secondary N) is 2. The number of methoxy groups -OCH3 is 1. The van der Waals surface area contributed by atoms with Gasteiger partial charge in [0.15, 0.2) is 0 Å². The maximum atomic E-state index is 5.36. The van der Waals surface area contributed by atoms with Gasteiger partial charge in [-0.15, -0.1) is 5.10 Å². The van der Waals surface area contributed by atoms with E-state index in [0.29, 0.717) is 18.5 Å². The minimum atomic E-state index is 0.364. The van der Waals surface area contributed by atoms with Crippen LogP contribution in [0.1, 0.15) is 5.89 Å². The average Bonchev–Trinajstić information content (AvgIpc) is 2.77. The molecule has 0 amide bonds. The molecule has 2 aromatic rings. The summed E-state index contributed by atoms with van der Waals surface area (Å²) in [6.07, 6.45) is 0. The van der Waals surface area contributed by atoms with Gasteiger partial charge in [-0.3, -0.25) is 0 Å². The van der Waals surface area contributed by atoms with Crippen LogP contribution in [0.25, 0.3) is 0 Å². The van der Waals surface area contributed by atoms with Crippen molar-refractivity contribution in [3.05, 3.63) is 30.2 Å². The number of aromatic nitrogens is 2. The Kier molecular flexibility index (Phi) is 3.56. The quantitative estimate of drug-likeness (QED) is 0.817. The number of hydrogen-bond donors (Lipinski definition) is 2. The maximum Gasteiger partial charge on any atom is 0.320 e. The van der Waals surface area contributed by atoms with Crippen molar-refractivity contribution in [3.63, 3.8) is 0 Å². The molecule has 2 rings (SSSR count). The van der Waals surface area contributed by atoms with E-state index in [1.807, 2.05) is 31.3 Å². The van der Waals surface area contributed by atoms with Crippen LogP contribution < -0.4 is 15.4 Å². The molecule has 0 atom stereocenters. The molecule has 90 valence electrons. The Labute approximate surface area is 99.0 Å². The third kappa shape index (κ3) is 2.94. The van der Waals surface area contributed by atoms with Crippen molar-refractivity contribution in [2.24, 2.45) is 0 Å². The molecule has 1 aromatic heterocycles. The van der Waals surface area contributed by atoms with Crippen LogP contribution in [-0.2, 0) is 6.54 Å². The van der Waals surface area contributed by atoms with Crippen molar-refractivity contribution in [2.75, 3.05) is 19.5 Å². The third-order valence-corrected chi connectivity index (χ3v) is 2.12. The van der Waals surface area contributed by atoms with Crippen molar-refractivity contribution in [3.8, 4) is 5.75 Å². The molecule has 0 aliphatic rings. The highest BCUT2D eigenvalue weighted by Gasteiger charge is 2.05. The van der Waals surface area contributed by atoms with Crippen LogP contribution in [0.3, 0.4) is 0 Å². The van der Waals surface area contributed by atoms with Gasteiger partial charge in [0.1, 0.15) is 5.75 Å². The van der Waals surface area contributed by atoms with E-state index in [2.05, 4.69) is 20.8 Å². The van der Waals surface area contributed by atoms with Crippen LogP contribution >= 0.6 is 0 Å². The molecule has 0 saturated carbocycles. The largest absolute Gasteiger partial charge is 0.497 e.